The van der Waals surface area contributed by atoms with E-state index >= 15 is 0 Å². The Morgan fingerprint density at radius 2 is 2.00 bits per heavy atom. The van der Waals surface area contributed by atoms with Gasteiger partial charge in [0.05, 0.1) is 36.8 Å². The Labute approximate surface area is 183 Å². The van der Waals surface area contributed by atoms with Gasteiger partial charge in [-0.15, -0.1) is 23.1 Å². The third-order valence-electron chi connectivity index (χ3n) is 3.89. The third-order valence-corrected chi connectivity index (χ3v) is 6.74. The molecule has 0 saturated carbocycles. The molecule has 2 heterocycles. The number of hydrogen-bond acceptors (Lipinski definition) is 8. The number of ether oxygens (including phenoxy) is 2. The molecular weight excluding hydrogens is 459 g/mol. The minimum atomic E-state index is -0.645. The lowest BCUT2D eigenvalue weighted by Crippen LogP contribution is -2.15. The Balaban J connectivity index is 2.00. The smallest absolute Gasteiger partial charge is 0.348 e. The maximum atomic E-state index is 12.7. The van der Waals surface area contributed by atoms with Gasteiger partial charge in [-0.3, -0.25) is 9.59 Å². The first-order valence-corrected chi connectivity index (χ1v) is 10.7. The van der Waals surface area contributed by atoms with Crippen molar-refractivity contribution in [2.75, 3.05) is 14.2 Å². The molecule has 0 amide bonds. The molecule has 0 atom stereocenters. The average molecular weight is 473 g/mol. The summed E-state index contributed by atoms with van der Waals surface area (Å²) in [4.78, 5) is 44.9. The number of nitrogens with one attached hydrogen (secondary N) is 1. The van der Waals surface area contributed by atoms with Crippen molar-refractivity contribution in [3.63, 3.8) is 0 Å². The van der Waals surface area contributed by atoms with E-state index in [9.17, 15) is 14.4 Å². The van der Waals surface area contributed by atoms with Gasteiger partial charge < -0.3 is 14.5 Å². The fourth-order valence-electron chi connectivity index (χ4n) is 2.55. The van der Waals surface area contributed by atoms with Crippen molar-refractivity contribution in [3.8, 4) is 0 Å². The summed E-state index contributed by atoms with van der Waals surface area (Å²) < 4.78 is 9.44. The molecule has 0 aliphatic carbocycles. The Morgan fingerprint density at radius 3 is 2.69 bits per heavy atom. The highest BCUT2D eigenvalue weighted by Crippen LogP contribution is 2.33. The molecule has 0 aliphatic heterocycles. The molecule has 0 radical (unpaired) electrons. The van der Waals surface area contributed by atoms with Crippen molar-refractivity contribution in [2.24, 2.45) is 0 Å². The summed E-state index contributed by atoms with van der Waals surface area (Å²) in [6.45, 7) is 0. The number of H-pyrrole nitrogens is 1. The van der Waals surface area contributed by atoms with Gasteiger partial charge in [0.1, 0.15) is 15.5 Å². The molecule has 0 bridgehead atoms. The number of rotatable bonds is 6. The van der Waals surface area contributed by atoms with E-state index in [1.54, 1.807) is 18.2 Å². The van der Waals surface area contributed by atoms with Crippen LogP contribution in [-0.2, 0) is 26.4 Å². The van der Waals surface area contributed by atoms with Crippen LogP contribution in [0.15, 0.2) is 27.9 Å². The monoisotopic (exact) mass is 472 g/mol. The minimum Gasteiger partial charge on any atom is -0.469 e. The van der Waals surface area contributed by atoms with Gasteiger partial charge in [0.15, 0.2) is 0 Å². The minimum absolute atomic E-state index is 0.147. The fourth-order valence-corrected chi connectivity index (χ4v) is 5.05. The first-order valence-electron chi connectivity index (χ1n) is 8.11. The van der Waals surface area contributed by atoms with Gasteiger partial charge in [-0.05, 0) is 18.2 Å². The van der Waals surface area contributed by atoms with E-state index in [0.29, 0.717) is 26.5 Å². The zero-order valence-corrected chi connectivity index (χ0v) is 18.4. The largest absolute Gasteiger partial charge is 0.469 e. The normalized spacial score (nSPS) is 10.9. The molecule has 11 heteroatoms. The van der Waals surface area contributed by atoms with E-state index in [1.165, 1.54) is 26.0 Å². The second kappa shape index (κ2) is 9.17. The van der Waals surface area contributed by atoms with E-state index in [0.717, 1.165) is 16.2 Å². The van der Waals surface area contributed by atoms with Crippen molar-refractivity contribution in [1.29, 1.82) is 0 Å². The number of thiophene rings is 1. The fraction of sp³-hybridized carbons (Fsp3) is 0.222. The van der Waals surface area contributed by atoms with Crippen LogP contribution >= 0.6 is 46.3 Å². The van der Waals surface area contributed by atoms with Crippen molar-refractivity contribution < 1.29 is 19.1 Å². The Kier molecular flexibility index (Phi) is 6.84. The number of methoxy groups -OCH3 is 2. The van der Waals surface area contributed by atoms with Crippen LogP contribution < -0.4 is 5.56 Å². The lowest BCUT2D eigenvalue weighted by atomic mass is 10.1. The quantitative estimate of drug-likeness (QED) is 0.426. The number of nitrogens with zero attached hydrogens (tertiary/aromatic N) is 1. The highest BCUT2D eigenvalue weighted by atomic mass is 35.5. The number of fused-ring (bicyclic) bond motifs is 1. The molecule has 0 unspecified atom stereocenters. The summed E-state index contributed by atoms with van der Waals surface area (Å²) in [5.41, 5.74) is -0.206. The van der Waals surface area contributed by atoms with Crippen LogP contribution in [-0.4, -0.2) is 36.1 Å². The first-order chi connectivity index (χ1) is 13.8. The van der Waals surface area contributed by atoms with Crippen molar-refractivity contribution in [3.05, 3.63) is 54.9 Å². The lowest BCUT2D eigenvalue weighted by Gasteiger charge is -2.05. The molecule has 0 spiro atoms. The maximum absolute atomic E-state index is 12.7. The number of halogens is 2. The van der Waals surface area contributed by atoms with Gasteiger partial charge in [0, 0.05) is 15.5 Å². The summed E-state index contributed by atoms with van der Waals surface area (Å²) in [5.74, 6) is -0.508. The van der Waals surface area contributed by atoms with Crippen molar-refractivity contribution in [2.45, 2.75) is 17.1 Å². The predicted molar refractivity (Wildman–Crippen MR) is 113 cm³/mol. The average Bonchev–Trinajstić information content (AvgIpc) is 3.06. The number of carbonyl (C=O) groups excluding carboxylic acids is 2. The molecule has 3 rings (SSSR count). The van der Waals surface area contributed by atoms with Gasteiger partial charge in [-0.25, -0.2) is 9.78 Å². The summed E-state index contributed by atoms with van der Waals surface area (Å²) in [6, 6.07) is 5.09. The second-order valence-electron chi connectivity index (χ2n) is 5.71. The molecule has 29 heavy (non-hydrogen) atoms. The zero-order chi connectivity index (χ0) is 21.1. The van der Waals surface area contributed by atoms with E-state index < -0.39 is 17.5 Å². The molecule has 152 valence electrons. The highest BCUT2D eigenvalue weighted by Gasteiger charge is 2.24. The SMILES string of the molecule is COC(=O)Cc1c(C(=O)OC)sc2nc(CSc3cc(Cl)ccc3Cl)[nH]c(=O)c12. The van der Waals surface area contributed by atoms with Crippen LogP contribution in [0.1, 0.15) is 21.1 Å². The van der Waals surface area contributed by atoms with Crippen LogP contribution in [0.5, 0.6) is 0 Å². The number of esters is 2. The van der Waals surface area contributed by atoms with Crippen LogP contribution in [0.25, 0.3) is 10.2 Å². The zero-order valence-electron chi connectivity index (χ0n) is 15.2. The van der Waals surface area contributed by atoms with E-state index in [-0.39, 0.29) is 22.2 Å². The number of aromatic nitrogens is 2. The molecule has 1 N–H and O–H groups in total. The molecule has 7 nitrogen and oxygen atoms in total. The number of benzene rings is 1. The van der Waals surface area contributed by atoms with E-state index in [2.05, 4.69) is 14.7 Å². The summed E-state index contributed by atoms with van der Waals surface area (Å²) >= 11 is 14.5. The van der Waals surface area contributed by atoms with Crippen LogP contribution in [0.2, 0.25) is 10.0 Å². The van der Waals surface area contributed by atoms with Gasteiger partial charge in [0.2, 0.25) is 0 Å². The Bertz CT molecular complexity index is 1160. The number of thioether (sulfide) groups is 1. The molecule has 0 fully saturated rings. The second-order valence-corrected chi connectivity index (χ2v) is 8.57. The van der Waals surface area contributed by atoms with Crippen molar-refractivity contribution in [1.82, 2.24) is 9.97 Å². The molecule has 1 aromatic carbocycles. The molecule has 2 aromatic heterocycles. The van der Waals surface area contributed by atoms with Crippen LogP contribution in [0.3, 0.4) is 0 Å². The first kappa shape index (κ1) is 21.6. The van der Waals surface area contributed by atoms with Crippen LogP contribution in [0.4, 0.5) is 0 Å². The van der Waals surface area contributed by atoms with E-state index in [4.69, 9.17) is 27.9 Å². The lowest BCUT2D eigenvalue weighted by molar-refractivity contribution is -0.139. The van der Waals surface area contributed by atoms with Crippen LogP contribution in [0, 0.1) is 0 Å². The Hall–Kier alpha value is -2.07. The number of carbonyl (C=O) groups is 2. The van der Waals surface area contributed by atoms with Gasteiger partial charge in [-0.1, -0.05) is 23.2 Å². The number of aromatic amines is 1. The molecule has 0 aliphatic rings. The van der Waals surface area contributed by atoms with Gasteiger partial charge in [0.25, 0.3) is 5.56 Å². The van der Waals surface area contributed by atoms with Gasteiger partial charge in [-0.2, -0.15) is 0 Å². The van der Waals surface area contributed by atoms with E-state index in [1.807, 2.05) is 0 Å². The highest BCUT2D eigenvalue weighted by molar-refractivity contribution is 7.98. The summed E-state index contributed by atoms with van der Waals surface area (Å²) in [6.07, 6.45) is -0.238. The topological polar surface area (TPSA) is 98.3 Å². The van der Waals surface area contributed by atoms with Gasteiger partial charge >= 0.3 is 11.9 Å². The number of hydrogen-bond donors (Lipinski definition) is 1. The van der Waals surface area contributed by atoms with Crippen molar-refractivity contribution >= 4 is 68.5 Å². The molecule has 0 saturated heterocycles. The standard InChI is InChI=1S/C18H14Cl2N2O5S2/c1-26-13(23)6-9-14-16(24)21-12(22-17(14)29-15(9)18(25)27-2)7-28-11-5-8(19)3-4-10(11)20/h3-5H,6-7H2,1-2H3,(H,21,22,24). The summed E-state index contributed by atoms with van der Waals surface area (Å²) in [5, 5.41) is 1.25. The molecule has 3 aromatic rings. The third kappa shape index (κ3) is 4.75. The predicted octanol–water partition coefficient (Wildman–Crippen LogP) is 4.09. The Morgan fingerprint density at radius 1 is 1.24 bits per heavy atom. The molecular formula is C18H14Cl2N2O5S2. The maximum Gasteiger partial charge on any atom is 0.348 e. The summed E-state index contributed by atoms with van der Waals surface area (Å²) in [7, 11) is 2.45.